The van der Waals surface area contributed by atoms with Gasteiger partial charge in [-0.2, -0.15) is 0 Å². The summed E-state index contributed by atoms with van der Waals surface area (Å²) in [6.07, 6.45) is 4.07. The van der Waals surface area contributed by atoms with Gasteiger partial charge in [-0.15, -0.1) is 0 Å². The lowest BCUT2D eigenvalue weighted by molar-refractivity contribution is -0.132. The van der Waals surface area contributed by atoms with Gasteiger partial charge in [-0.1, -0.05) is 31.4 Å². The number of carbonyl (C=O) groups is 5. The number of rotatable bonds is 5. The van der Waals surface area contributed by atoms with Crippen molar-refractivity contribution in [3.05, 3.63) is 29.8 Å². The van der Waals surface area contributed by atoms with Crippen molar-refractivity contribution >= 4 is 35.5 Å². The van der Waals surface area contributed by atoms with Crippen LogP contribution in [0.3, 0.4) is 0 Å². The molecule has 1 aliphatic carbocycles. The second kappa shape index (κ2) is 7.68. The van der Waals surface area contributed by atoms with Crippen LogP contribution in [-0.2, 0) is 19.9 Å². The lowest BCUT2D eigenvalue weighted by Gasteiger charge is -2.30. The second-order valence-corrected chi connectivity index (χ2v) is 8.44. The molecule has 4 N–H and O–H groups in total. The molecule has 2 heterocycles. The zero-order chi connectivity index (χ0) is 22.2. The molecule has 2 aliphatic heterocycles. The van der Waals surface area contributed by atoms with Crippen molar-refractivity contribution in [3.8, 4) is 0 Å². The molecular formula is C21H25N5O5. The molecule has 0 bridgehead atoms. The molecule has 1 aromatic carbocycles. The van der Waals surface area contributed by atoms with Gasteiger partial charge in [-0.05, 0) is 37.5 Å². The van der Waals surface area contributed by atoms with Gasteiger partial charge in [0.15, 0.2) is 0 Å². The molecule has 0 unspecified atom stereocenters. The largest absolute Gasteiger partial charge is 0.326 e. The maximum atomic E-state index is 12.8. The summed E-state index contributed by atoms with van der Waals surface area (Å²) >= 11 is 0. The summed E-state index contributed by atoms with van der Waals surface area (Å²) < 4.78 is 0. The fraction of sp³-hybridized carbons (Fsp3) is 0.476. The number of urea groups is 2. The third-order valence-electron chi connectivity index (χ3n) is 6.28. The van der Waals surface area contributed by atoms with Crippen molar-refractivity contribution in [3.63, 3.8) is 0 Å². The SMILES string of the molecule is C[C@]1(c2cccc(NC(=O)CCN3C(=O)NC4(CCCCC4)C3=O)c2)NC(=O)NC1=O. The summed E-state index contributed by atoms with van der Waals surface area (Å²) in [4.78, 5) is 62.3. The first-order chi connectivity index (χ1) is 14.7. The fourth-order valence-electron chi connectivity index (χ4n) is 4.46. The van der Waals surface area contributed by atoms with E-state index in [0.29, 0.717) is 24.1 Å². The molecule has 7 amide bonds. The van der Waals surface area contributed by atoms with Crippen LogP contribution >= 0.6 is 0 Å². The average Bonchev–Trinajstić information content (AvgIpc) is 3.13. The molecule has 2 saturated heterocycles. The highest BCUT2D eigenvalue weighted by atomic mass is 16.2. The number of nitrogens with zero attached hydrogens (tertiary/aromatic N) is 1. The van der Waals surface area contributed by atoms with Crippen molar-refractivity contribution in [2.24, 2.45) is 0 Å². The molecule has 31 heavy (non-hydrogen) atoms. The van der Waals surface area contributed by atoms with Crippen LogP contribution in [0.4, 0.5) is 15.3 Å². The number of anilines is 1. The Hall–Kier alpha value is -3.43. The molecule has 1 atom stereocenters. The van der Waals surface area contributed by atoms with Gasteiger partial charge in [-0.25, -0.2) is 9.59 Å². The third kappa shape index (κ3) is 3.73. The van der Waals surface area contributed by atoms with Crippen LogP contribution in [-0.4, -0.2) is 46.8 Å². The Morgan fingerprint density at radius 2 is 1.84 bits per heavy atom. The van der Waals surface area contributed by atoms with E-state index in [1.54, 1.807) is 31.2 Å². The number of carbonyl (C=O) groups excluding carboxylic acids is 5. The summed E-state index contributed by atoms with van der Waals surface area (Å²) in [6.45, 7) is 1.57. The quantitative estimate of drug-likeness (QED) is 0.526. The topological polar surface area (TPSA) is 137 Å². The normalized spacial score (nSPS) is 24.7. The minimum atomic E-state index is -1.23. The summed E-state index contributed by atoms with van der Waals surface area (Å²) in [5.74, 6) is -1.09. The van der Waals surface area contributed by atoms with E-state index in [4.69, 9.17) is 0 Å². The van der Waals surface area contributed by atoms with Gasteiger partial charge >= 0.3 is 12.1 Å². The number of imide groups is 2. The Kier molecular flexibility index (Phi) is 5.16. The minimum absolute atomic E-state index is 0.00583. The first-order valence-electron chi connectivity index (χ1n) is 10.4. The first-order valence-corrected chi connectivity index (χ1v) is 10.4. The zero-order valence-corrected chi connectivity index (χ0v) is 17.2. The molecule has 3 aliphatic rings. The van der Waals surface area contributed by atoms with Crippen molar-refractivity contribution in [1.82, 2.24) is 20.9 Å². The molecule has 1 spiro atoms. The molecule has 164 valence electrons. The van der Waals surface area contributed by atoms with E-state index in [0.717, 1.165) is 24.2 Å². The second-order valence-electron chi connectivity index (χ2n) is 8.44. The maximum Gasteiger partial charge on any atom is 0.325 e. The molecule has 10 heteroatoms. The van der Waals surface area contributed by atoms with Gasteiger partial charge in [0.05, 0.1) is 0 Å². The van der Waals surface area contributed by atoms with Gasteiger partial charge in [0.2, 0.25) is 5.91 Å². The van der Waals surface area contributed by atoms with Crippen molar-refractivity contribution in [2.45, 2.75) is 56.5 Å². The van der Waals surface area contributed by atoms with Crippen LogP contribution in [0.15, 0.2) is 24.3 Å². The number of nitrogens with one attached hydrogen (secondary N) is 4. The van der Waals surface area contributed by atoms with E-state index >= 15 is 0 Å². The lowest BCUT2D eigenvalue weighted by Crippen LogP contribution is -2.48. The highest BCUT2D eigenvalue weighted by Gasteiger charge is 2.51. The monoisotopic (exact) mass is 427 g/mol. The van der Waals surface area contributed by atoms with E-state index in [1.165, 1.54) is 0 Å². The Morgan fingerprint density at radius 3 is 2.52 bits per heavy atom. The lowest BCUT2D eigenvalue weighted by atomic mass is 9.82. The van der Waals surface area contributed by atoms with Crippen molar-refractivity contribution < 1.29 is 24.0 Å². The summed E-state index contributed by atoms with van der Waals surface area (Å²) in [5, 5.41) is 10.3. The van der Waals surface area contributed by atoms with Crippen LogP contribution in [0.2, 0.25) is 0 Å². The Balaban J connectivity index is 1.38. The number of amides is 7. The predicted molar refractivity (Wildman–Crippen MR) is 110 cm³/mol. The van der Waals surface area contributed by atoms with E-state index in [-0.39, 0.29) is 24.8 Å². The Labute approximate surface area is 179 Å². The zero-order valence-electron chi connectivity index (χ0n) is 17.2. The summed E-state index contributed by atoms with van der Waals surface area (Å²) in [6, 6.07) is 5.58. The summed E-state index contributed by atoms with van der Waals surface area (Å²) in [7, 11) is 0. The molecular weight excluding hydrogens is 402 g/mol. The van der Waals surface area contributed by atoms with E-state index in [2.05, 4.69) is 21.3 Å². The van der Waals surface area contributed by atoms with Crippen molar-refractivity contribution in [2.75, 3.05) is 11.9 Å². The van der Waals surface area contributed by atoms with Crippen LogP contribution in [0.25, 0.3) is 0 Å². The maximum absolute atomic E-state index is 12.8. The number of hydrogen-bond donors (Lipinski definition) is 4. The third-order valence-corrected chi connectivity index (χ3v) is 6.28. The predicted octanol–water partition coefficient (Wildman–Crippen LogP) is 1.32. The van der Waals surface area contributed by atoms with Crippen LogP contribution < -0.4 is 21.3 Å². The average molecular weight is 427 g/mol. The number of hydrogen-bond acceptors (Lipinski definition) is 5. The molecule has 1 saturated carbocycles. The van der Waals surface area contributed by atoms with Gasteiger partial charge in [-0.3, -0.25) is 24.6 Å². The smallest absolute Gasteiger partial charge is 0.325 e. The summed E-state index contributed by atoms with van der Waals surface area (Å²) in [5.41, 5.74) is -1.07. The molecule has 0 aromatic heterocycles. The molecule has 0 radical (unpaired) electrons. The van der Waals surface area contributed by atoms with E-state index in [9.17, 15) is 24.0 Å². The number of benzene rings is 1. The Bertz CT molecular complexity index is 971. The van der Waals surface area contributed by atoms with Crippen LogP contribution in [0, 0.1) is 0 Å². The molecule has 3 fully saturated rings. The first kappa shape index (κ1) is 20.8. The van der Waals surface area contributed by atoms with Gasteiger partial charge in [0.1, 0.15) is 11.1 Å². The van der Waals surface area contributed by atoms with Gasteiger partial charge in [0.25, 0.3) is 11.8 Å². The standard InChI is InChI=1S/C21H25N5O5/c1-20(16(28)23-18(30)24-20)13-6-5-7-14(12-13)22-15(27)8-11-26-17(29)21(25-19(26)31)9-3-2-4-10-21/h5-7,12H,2-4,8-11H2,1H3,(H,22,27)(H,25,31)(H2,23,24,28,30)/t20-/m1/s1. The van der Waals surface area contributed by atoms with Crippen LogP contribution in [0.5, 0.6) is 0 Å². The molecule has 4 rings (SSSR count). The Morgan fingerprint density at radius 1 is 1.10 bits per heavy atom. The molecule has 10 nitrogen and oxygen atoms in total. The van der Waals surface area contributed by atoms with Crippen molar-refractivity contribution in [1.29, 1.82) is 0 Å². The van der Waals surface area contributed by atoms with Gasteiger partial charge in [0, 0.05) is 18.7 Å². The highest BCUT2D eigenvalue weighted by Crippen LogP contribution is 2.33. The van der Waals surface area contributed by atoms with E-state index < -0.39 is 29.0 Å². The molecule has 1 aromatic rings. The minimum Gasteiger partial charge on any atom is -0.326 e. The fourth-order valence-corrected chi connectivity index (χ4v) is 4.46. The van der Waals surface area contributed by atoms with E-state index in [1.807, 2.05) is 0 Å². The highest BCUT2D eigenvalue weighted by molar-refractivity contribution is 6.08. The van der Waals surface area contributed by atoms with Crippen LogP contribution in [0.1, 0.15) is 51.0 Å². The van der Waals surface area contributed by atoms with Gasteiger partial charge < -0.3 is 16.0 Å².